The summed E-state index contributed by atoms with van der Waals surface area (Å²) in [5.74, 6) is 0. The first kappa shape index (κ1) is 11.8. The normalized spacial score (nSPS) is 10.9. The van der Waals surface area contributed by atoms with Crippen LogP contribution < -0.4 is 0 Å². The number of benzene rings is 1. The van der Waals surface area contributed by atoms with Gasteiger partial charge in [-0.1, -0.05) is 30.3 Å². The van der Waals surface area contributed by atoms with Gasteiger partial charge in [-0.25, -0.2) is 9.50 Å². The SMILES string of the molecule is c1ccc(-c2ccc3ncc(-c4ccncc4)n3n2)cc1. The molecule has 0 spiro atoms. The van der Waals surface area contributed by atoms with Crippen LogP contribution in [0.15, 0.2) is 73.2 Å². The van der Waals surface area contributed by atoms with E-state index >= 15 is 0 Å². The Bertz CT molecular complexity index is 882. The quantitative estimate of drug-likeness (QED) is 0.561. The Hall–Kier alpha value is -3.01. The van der Waals surface area contributed by atoms with Crippen LogP contribution in [0.3, 0.4) is 0 Å². The minimum atomic E-state index is 0.835. The lowest BCUT2D eigenvalue weighted by Gasteiger charge is -2.04. The molecule has 0 amide bonds. The van der Waals surface area contributed by atoms with Gasteiger partial charge in [0.2, 0.25) is 0 Å². The number of rotatable bonds is 2. The van der Waals surface area contributed by atoms with Gasteiger partial charge >= 0.3 is 0 Å². The molecular formula is C17H12N4. The van der Waals surface area contributed by atoms with Crippen LogP contribution in [0.4, 0.5) is 0 Å². The van der Waals surface area contributed by atoms with Crippen molar-refractivity contribution in [1.82, 2.24) is 19.6 Å². The highest BCUT2D eigenvalue weighted by molar-refractivity contribution is 5.65. The molecule has 1 aromatic carbocycles. The Balaban J connectivity index is 1.91. The maximum Gasteiger partial charge on any atom is 0.154 e. The third-order valence-electron chi connectivity index (χ3n) is 3.41. The Morgan fingerprint density at radius 3 is 2.38 bits per heavy atom. The fraction of sp³-hybridized carbons (Fsp3) is 0. The van der Waals surface area contributed by atoms with Gasteiger partial charge in [0, 0.05) is 23.5 Å². The summed E-state index contributed by atoms with van der Waals surface area (Å²) in [5, 5.41) is 4.72. The first-order valence-electron chi connectivity index (χ1n) is 6.72. The molecule has 21 heavy (non-hydrogen) atoms. The number of aromatic nitrogens is 4. The summed E-state index contributed by atoms with van der Waals surface area (Å²) < 4.78 is 1.87. The standard InChI is InChI=1S/C17H12N4/c1-2-4-13(5-3-1)15-6-7-17-19-12-16(21(17)20-15)14-8-10-18-11-9-14/h1-12H. The van der Waals surface area contributed by atoms with Crippen molar-refractivity contribution in [2.75, 3.05) is 0 Å². The zero-order valence-corrected chi connectivity index (χ0v) is 11.2. The van der Waals surface area contributed by atoms with Crippen LogP contribution in [0.2, 0.25) is 0 Å². The maximum absolute atomic E-state index is 4.72. The summed E-state index contributed by atoms with van der Waals surface area (Å²) >= 11 is 0. The Kier molecular flexibility index (Phi) is 2.71. The summed E-state index contributed by atoms with van der Waals surface area (Å²) in [4.78, 5) is 8.46. The summed E-state index contributed by atoms with van der Waals surface area (Å²) in [6.45, 7) is 0. The highest BCUT2D eigenvalue weighted by atomic mass is 15.3. The summed E-state index contributed by atoms with van der Waals surface area (Å²) in [6, 6.07) is 18.0. The number of imidazole rings is 1. The van der Waals surface area contributed by atoms with Gasteiger partial charge in [-0.05, 0) is 24.3 Å². The van der Waals surface area contributed by atoms with Gasteiger partial charge in [0.25, 0.3) is 0 Å². The first-order chi connectivity index (χ1) is 10.4. The zero-order chi connectivity index (χ0) is 14.1. The third-order valence-corrected chi connectivity index (χ3v) is 3.41. The average molecular weight is 272 g/mol. The van der Waals surface area contributed by atoms with Crippen molar-refractivity contribution in [2.45, 2.75) is 0 Å². The number of pyridine rings is 1. The van der Waals surface area contributed by atoms with E-state index in [4.69, 9.17) is 5.10 Å². The van der Waals surface area contributed by atoms with E-state index < -0.39 is 0 Å². The van der Waals surface area contributed by atoms with E-state index in [1.165, 1.54) is 0 Å². The molecule has 0 atom stereocenters. The van der Waals surface area contributed by atoms with Crippen LogP contribution in [0, 0.1) is 0 Å². The van der Waals surface area contributed by atoms with Gasteiger partial charge in [0.15, 0.2) is 5.65 Å². The molecule has 0 fully saturated rings. The monoisotopic (exact) mass is 272 g/mol. The van der Waals surface area contributed by atoms with E-state index in [2.05, 4.69) is 22.1 Å². The Labute approximate surface area is 121 Å². The topological polar surface area (TPSA) is 43.1 Å². The molecule has 0 aliphatic heterocycles. The van der Waals surface area contributed by atoms with Crippen molar-refractivity contribution in [1.29, 1.82) is 0 Å². The second kappa shape index (κ2) is 4.83. The molecule has 4 rings (SSSR count). The van der Waals surface area contributed by atoms with Crippen LogP contribution in [-0.2, 0) is 0 Å². The number of hydrogen-bond donors (Lipinski definition) is 0. The summed E-state index contributed by atoms with van der Waals surface area (Å²) in [6.07, 6.45) is 5.39. The summed E-state index contributed by atoms with van der Waals surface area (Å²) in [7, 11) is 0. The van der Waals surface area contributed by atoms with E-state index in [0.717, 1.165) is 28.2 Å². The third kappa shape index (κ3) is 2.07. The molecule has 3 aromatic heterocycles. The molecule has 0 aliphatic carbocycles. The van der Waals surface area contributed by atoms with E-state index in [9.17, 15) is 0 Å². The van der Waals surface area contributed by atoms with Crippen molar-refractivity contribution in [3.63, 3.8) is 0 Å². The lowest BCUT2D eigenvalue weighted by molar-refractivity contribution is 0.949. The van der Waals surface area contributed by atoms with Gasteiger partial charge in [0.05, 0.1) is 17.6 Å². The Morgan fingerprint density at radius 2 is 1.57 bits per heavy atom. The van der Waals surface area contributed by atoms with E-state index in [1.54, 1.807) is 12.4 Å². The average Bonchev–Trinajstić information content (AvgIpc) is 2.99. The molecule has 100 valence electrons. The lowest BCUT2D eigenvalue weighted by atomic mass is 10.1. The molecule has 4 heteroatoms. The molecule has 0 saturated heterocycles. The maximum atomic E-state index is 4.72. The predicted octanol–water partition coefficient (Wildman–Crippen LogP) is 3.46. The van der Waals surface area contributed by atoms with Crippen molar-refractivity contribution in [3.05, 3.63) is 73.2 Å². The van der Waals surface area contributed by atoms with Gasteiger partial charge in [-0.2, -0.15) is 5.10 Å². The van der Waals surface area contributed by atoms with Crippen LogP contribution in [0.25, 0.3) is 28.2 Å². The van der Waals surface area contributed by atoms with Crippen molar-refractivity contribution < 1.29 is 0 Å². The van der Waals surface area contributed by atoms with Gasteiger partial charge in [0.1, 0.15) is 0 Å². The molecule has 0 radical (unpaired) electrons. The zero-order valence-electron chi connectivity index (χ0n) is 11.2. The number of hydrogen-bond acceptors (Lipinski definition) is 3. The smallest absolute Gasteiger partial charge is 0.154 e. The van der Waals surface area contributed by atoms with Gasteiger partial charge in [-0.15, -0.1) is 0 Å². The van der Waals surface area contributed by atoms with E-state index in [0.29, 0.717) is 0 Å². The van der Waals surface area contributed by atoms with Crippen LogP contribution in [0.5, 0.6) is 0 Å². The predicted molar refractivity (Wildman–Crippen MR) is 81.7 cm³/mol. The molecule has 0 unspecified atom stereocenters. The summed E-state index contributed by atoms with van der Waals surface area (Å²) in [5.41, 5.74) is 4.87. The lowest BCUT2D eigenvalue weighted by Crippen LogP contribution is -1.96. The van der Waals surface area contributed by atoms with Gasteiger partial charge in [-0.3, -0.25) is 4.98 Å². The van der Waals surface area contributed by atoms with Crippen LogP contribution in [-0.4, -0.2) is 19.6 Å². The highest BCUT2D eigenvalue weighted by Crippen LogP contribution is 2.22. The minimum Gasteiger partial charge on any atom is -0.265 e. The van der Waals surface area contributed by atoms with Crippen molar-refractivity contribution >= 4 is 5.65 Å². The fourth-order valence-electron chi connectivity index (χ4n) is 2.36. The fourth-order valence-corrected chi connectivity index (χ4v) is 2.36. The van der Waals surface area contributed by atoms with E-state index in [-0.39, 0.29) is 0 Å². The first-order valence-corrected chi connectivity index (χ1v) is 6.72. The molecule has 0 N–H and O–H groups in total. The number of fused-ring (bicyclic) bond motifs is 1. The Morgan fingerprint density at radius 1 is 0.762 bits per heavy atom. The van der Waals surface area contributed by atoms with Crippen molar-refractivity contribution in [3.8, 4) is 22.5 Å². The number of nitrogens with zero attached hydrogens (tertiary/aromatic N) is 4. The molecule has 4 aromatic rings. The molecule has 0 saturated carbocycles. The van der Waals surface area contributed by atoms with Crippen LogP contribution in [0.1, 0.15) is 0 Å². The second-order valence-electron chi connectivity index (χ2n) is 4.73. The molecule has 4 nitrogen and oxygen atoms in total. The van der Waals surface area contributed by atoms with E-state index in [1.807, 2.05) is 53.2 Å². The highest BCUT2D eigenvalue weighted by Gasteiger charge is 2.08. The molecule has 3 heterocycles. The molecular weight excluding hydrogens is 260 g/mol. The largest absolute Gasteiger partial charge is 0.265 e. The van der Waals surface area contributed by atoms with Gasteiger partial charge < -0.3 is 0 Å². The minimum absolute atomic E-state index is 0.835. The molecule has 0 aliphatic rings. The van der Waals surface area contributed by atoms with Crippen LogP contribution >= 0.6 is 0 Å². The van der Waals surface area contributed by atoms with Crippen molar-refractivity contribution in [2.24, 2.45) is 0 Å². The molecule has 0 bridgehead atoms. The second-order valence-corrected chi connectivity index (χ2v) is 4.73.